The van der Waals surface area contributed by atoms with Gasteiger partial charge in [0.15, 0.2) is 0 Å². The summed E-state index contributed by atoms with van der Waals surface area (Å²) in [5.41, 5.74) is 1.21. The molecular weight excluding hydrogens is 206 g/mol. The minimum absolute atomic E-state index is 0.0386. The Morgan fingerprint density at radius 3 is 3.06 bits per heavy atom. The predicted molar refractivity (Wildman–Crippen MR) is 58.1 cm³/mol. The van der Waals surface area contributed by atoms with Crippen LogP contribution >= 0.6 is 0 Å². The molecule has 5 heteroatoms. The Hall–Kier alpha value is -1.78. The van der Waals surface area contributed by atoms with Crippen molar-refractivity contribution in [2.75, 3.05) is 11.9 Å². The molecule has 1 aromatic rings. The highest BCUT2D eigenvalue weighted by Gasteiger charge is 2.39. The number of hydrogen-bond acceptors (Lipinski definition) is 2. The molecule has 0 aromatic carbocycles. The number of amides is 2. The Morgan fingerprint density at radius 2 is 2.25 bits per heavy atom. The third-order valence-corrected chi connectivity index (χ3v) is 3.35. The normalized spacial score (nSPS) is 23.8. The van der Waals surface area contributed by atoms with Gasteiger partial charge in [-0.15, -0.1) is 0 Å². The monoisotopic (exact) mass is 219 g/mol. The number of rotatable bonds is 0. The van der Waals surface area contributed by atoms with E-state index in [0.29, 0.717) is 17.9 Å². The lowest BCUT2D eigenvalue weighted by atomic mass is 10.2. The first kappa shape index (κ1) is 9.45. The fourth-order valence-corrected chi connectivity index (χ4v) is 2.53. The van der Waals surface area contributed by atoms with E-state index in [1.807, 2.05) is 7.05 Å². The molecule has 0 aliphatic carbocycles. The summed E-state index contributed by atoms with van der Waals surface area (Å²) >= 11 is 0. The number of aromatic nitrogens is 1. The van der Waals surface area contributed by atoms with Crippen molar-refractivity contribution in [1.82, 2.24) is 9.47 Å². The van der Waals surface area contributed by atoms with Gasteiger partial charge in [0.1, 0.15) is 11.7 Å². The van der Waals surface area contributed by atoms with Crippen LogP contribution in [0.4, 0.5) is 5.69 Å². The molecule has 0 bridgehead atoms. The molecular formula is C11H13N3O2. The van der Waals surface area contributed by atoms with Crippen molar-refractivity contribution >= 4 is 17.5 Å². The van der Waals surface area contributed by atoms with Gasteiger partial charge in [-0.25, -0.2) is 0 Å². The van der Waals surface area contributed by atoms with Gasteiger partial charge in [0, 0.05) is 19.8 Å². The summed E-state index contributed by atoms with van der Waals surface area (Å²) in [5.74, 6) is -0.0980. The molecule has 1 atom stereocenters. The van der Waals surface area contributed by atoms with Gasteiger partial charge in [-0.1, -0.05) is 0 Å². The van der Waals surface area contributed by atoms with E-state index in [2.05, 4.69) is 5.32 Å². The summed E-state index contributed by atoms with van der Waals surface area (Å²) < 4.78 is 1.76. The van der Waals surface area contributed by atoms with Gasteiger partial charge >= 0.3 is 0 Å². The zero-order chi connectivity index (χ0) is 11.3. The lowest BCUT2D eigenvalue weighted by molar-refractivity contribution is -0.119. The van der Waals surface area contributed by atoms with E-state index in [0.717, 1.165) is 12.8 Å². The van der Waals surface area contributed by atoms with Crippen molar-refractivity contribution in [2.45, 2.75) is 18.9 Å². The molecule has 3 heterocycles. The van der Waals surface area contributed by atoms with Crippen molar-refractivity contribution in [3.05, 3.63) is 18.0 Å². The number of aryl methyl sites for hydroxylation is 1. The number of carbonyl (C=O) groups excluding carboxylic acids is 2. The summed E-state index contributed by atoms with van der Waals surface area (Å²) in [6.45, 7) is 0.682. The molecule has 84 valence electrons. The Bertz CT molecular complexity index is 478. The van der Waals surface area contributed by atoms with Gasteiger partial charge in [-0.2, -0.15) is 0 Å². The van der Waals surface area contributed by atoms with E-state index in [-0.39, 0.29) is 17.9 Å². The molecule has 2 amide bonds. The average Bonchev–Trinajstić information content (AvgIpc) is 2.82. The molecule has 1 N–H and O–H groups in total. The summed E-state index contributed by atoms with van der Waals surface area (Å²) in [6.07, 6.45) is 3.47. The second-order valence-corrected chi connectivity index (χ2v) is 4.33. The predicted octanol–water partition coefficient (Wildman–Crippen LogP) is 0.582. The molecule has 1 unspecified atom stereocenters. The summed E-state index contributed by atoms with van der Waals surface area (Å²) in [4.78, 5) is 25.8. The maximum absolute atomic E-state index is 12.3. The Balaban J connectivity index is 2.13. The summed E-state index contributed by atoms with van der Waals surface area (Å²) in [6, 6.07) is 1.49. The molecule has 16 heavy (non-hydrogen) atoms. The van der Waals surface area contributed by atoms with Crippen LogP contribution in [0.5, 0.6) is 0 Å². The van der Waals surface area contributed by atoms with Crippen LogP contribution in [-0.4, -0.2) is 33.9 Å². The smallest absolute Gasteiger partial charge is 0.273 e. The van der Waals surface area contributed by atoms with E-state index in [1.54, 1.807) is 21.7 Å². The third-order valence-electron chi connectivity index (χ3n) is 3.35. The fourth-order valence-electron chi connectivity index (χ4n) is 2.53. The first-order chi connectivity index (χ1) is 7.68. The molecule has 2 aliphatic rings. The van der Waals surface area contributed by atoms with Crippen LogP contribution in [0.3, 0.4) is 0 Å². The molecule has 1 fully saturated rings. The summed E-state index contributed by atoms with van der Waals surface area (Å²) in [7, 11) is 1.82. The average molecular weight is 219 g/mol. The quantitative estimate of drug-likeness (QED) is 0.694. The largest absolute Gasteiger partial charge is 0.345 e. The molecule has 5 nitrogen and oxygen atoms in total. The highest BCUT2D eigenvalue weighted by Crippen LogP contribution is 2.28. The first-order valence-corrected chi connectivity index (χ1v) is 5.45. The maximum Gasteiger partial charge on any atom is 0.273 e. The van der Waals surface area contributed by atoms with Crippen molar-refractivity contribution in [2.24, 2.45) is 7.05 Å². The highest BCUT2D eigenvalue weighted by molar-refractivity contribution is 6.09. The standard InChI is InChI=1S/C11H13N3O2/c1-13-6-4-7-9(13)11(16)14-5-2-3-8(14)10(15)12-7/h4,6,8H,2-3,5H2,1H3,(H,12,15). The minimum Gasteiger partial charge on any atom is -0.345 e. The van der Waals surface area contributed by atoms with E-state index in [4.69, 9.17) is 0 Å². The second kappa shape index (κ2) is 3.10. The van der Waals surface area contributed by atoms with Gasteiger partial charge in [0.25, 0.3) is 5.91 Å². The number of fused-ring (bicyclic) bond motifs is 2. The van der Waals surface area contributed by atoms with Crippen LogP contribution in [0.15, 0.2) is 12.3 Å². The van der Waals surface area contributed by atoms with E-state index >= 15 is 0 Å². The van der Waals surface area contributed by atoms with E-state index in [9.17, 15) is 9.59 Å². The number of anilines is 1. The molecule has 0 saturated carbocycles. The van der Waals surface area contributed by atoms with Crippen molar-refractivity contribution in [3.63, 3.8) is 0 Å². The number of nitrogens with one attached hydrogen (secondary N) is 1. The first-order valence-electron chi connectivity index (χ1n) is 5.45. The van der Waals surface area contributed by atoms with E-state index in [1.165, 1.54) is 0 Å². The molecule has 2 aliphatic heterocycles. The van der Waals surface area contributed by atoms with Crippen LogP contribution in [-0.2, 0) is 11.8 Å². The lowest BCUT2D eigenvalue weighted by Gasteiger charge is -2.20. The van der Waals surface area contributed by atoms with Crippen LogP contribution in [0.2, 0.25) is 0 Å². The summed E-state index contributed by atoms with van der Waals surface area (Å²) in [5, 5.41) is 2.82. The van der Waals surface area contributed by atoms with Crippen molar-refractivity contribution in [3.8, 4) is 0 Å². The topological polar surface area (TPSA) is 54.3 Å². The van der Waals surface area contributed by atoms with Crippen molar-refractivity contribution < 1.29 is 9.59 Å². The SMILES string of the molecule is Cn1ccc2c1C(=O)N1CCCC1C(=O)N2. The Labute approximate surface area is 93.0 Å². The molecule has 3 rings (SSSR count). The molecule has 0 spiro atoms. The highest BCUT2D eigenvalue weighted by atomic mass is 16.2. The number of hydrogen-bond donors (Lipinski definition) is 1. The van der Waals surface area contributed by atoms with Gasteiger partial charge in [0.2, 0.25) is 5.91 Å². The van der Waals surface area contributed by atoms with E-state index < -0.39 is 0 Å². The molecule has 0 radical (unpaired) electrons. The lowest BCUT2D eigenvalue weighted by Crippen LogP contribution is -2.40. The second-order valence-electron chi connectivity index (χ2n) is 4.33. The van der Waals surface area contributed by atoms with Crippen LogP contribution < -0.4 is 5.32 Å². The third kappa shape index (κ3) is 1.11. The Kier molecular flexibility index (Phi) is 1.83. The number of carbonyl (C=O) groups is 2. The minimum atomic E-state index is -0.278. The van der Waals surface area contributed by atoms with Gasteiger partial charge in [-0.3, -0.25) is 9.59 Å². The maximum atomic E-state index is 12.3. The van der Waals surface area contributed by atoms with Crippen LogP contribution in [0, 0.1) is 0 Å². The van der Waals surface area contributed by atoms with Gasteiger partial charge in [0.05, 0.1) is 5.69 Å². The zero-order valence-corrected chi connectivity index (χ0v) is 9.06. The Morgan fingerprint density at radius 1 is 1.44 bits per heavy atom. The molecule has 1 aromatic heterocycles. The van der Waals surface area contributed by atoms with Gasteiger partial charge in [-0.05, 0) is 18.9 Å². The van der Waals surface area contributed by atoms with Crippen LogP contribution in [0.25, 0.3) is 0 Å². The zero-order valence-electron chi connectivity index (χ0n) is 9.06. The fraction of sp³-hybridized carbons (Fsp3) is 0.455. The van der Waals surface area contributed by atoms with Gasteiger partial charge < -0.3 is 14.8 Å². The van der Waals surface area contributed by atoms with Crippen molar-refractivity contribution in [1.29, 1.82) is 0 Å². The van der Waals surface area contributed by atoms with Crippen LogP contribution in [0.1, 0.15) is 23.3 Å². The number of nitrogens with zero attached hydrogens (tertiary/aromatic N) is 2. The molecule has 1 saturated heterocycles.